The molecule has 0 bridgehead atoms. The summed E-state index contributed by atoms with van der Waals surface area (Å²) in [5.41, 5.74) is 0.191. The molecule has 0 aliphatic carbocycles. The number of halogens is 3. The maximum atomic E-state index is 12.9. The molecule has 0 amide bonds. The van der Waals surface area contributed by atoms with Crippen molar-refractivity contribution in [2.75, 3.05) is 6.61 Å². The number of rotatable bonds is 2. The van der Waals surface area contributed by atoms with E-state index < -0.39 is 17.5 Å². The van der Waals surface area contributed by atoms with Crippen molar-refractivity contribution in [2.24, 2.45) is 11.0 Å². The summed E-state index contributed by atoms with van der Waals surface area (Å²) in [4.78, 5) is 8.72. The average molecular weight is 405 g/mol. The minimum atomic E-state index is -4.54. The van der Waals surface area contributed by atoms with Crippen molar-refractivity contribution in [1.29, 1.82) is 0 Å². The minimum Gasteiger partial charge on any atom is -0.507 e. The lowest BCUT2D eigenvalue weighted by Crippen LogP contribution is -2.28. The zero-order chi connectivity index (χ0) is 20.8. The highest BCUT2D eigenvalue weighted by Gasteiger charge is 2.32. The molecule has 2 atom stereocenters. The highest BCUT2D eigenvalue weighted by atomic mass is 19.4. The molecule has 4 rings (SSSR count). The van der Waals surface area contributed by atoms with Gasteiger partial charge in [0.05, 0.1) is 23.6 Å². The molecule has 1 saturated heterocycles. The van der Waals surface area contributed by atoms with Gasteiger partial charge in [-0.1, -0.05) is 4.68 Å². The largest absolute Gasteiger partial charge is 0.507 e. The third kappa shape index (κ3) is 4.00. The number of hydrogen-bond donors (Lipinski definition) is 1. The van der Waals surface area contributed by atoms with Crippen molar-refractivity contribution in [3.63, 3.8) is 0 Å². The van der Waals surface area contributed by atoms with E-state index in [2.05, 4.69) is 15.1 Å². The number of nitrogens with zero attached hydrogens (tertiary/aromatic N) is 4. The Labute approximate surface area is 164 Å². The summed E-state index contributed by atoms with van der Waals surface area (Å²) in [5, 5.41) is 15.2. The van der Waals surface area contributed by atoms with Crippen LogP contribution in [0.1, 0.15) is 30.9 Å². The van der Waals surface area contributed by atoms with E-state index in [1.54, 1.807) is 10.9 Å². The quantitative estimate of drug-likeness (QED) is 0.779. The van der Waals surface area contributed by atoms with Crippen LogP contribution in [0.3, 0.4) is 0 Å². The average Bonchev–Trinajstić information content (AvgIpc) is 3.02. The molecule has 1 fully saturated rings. The van der Waals surface area contributed by atoms with Gasteiger partial charge >= 0.3 is 6.18 Å². The number of aromatic nitrogens is 2. The van der Waals surface area contributed by atoms with Gasteiger partial charge in [0.25, 0.3) is 5.49 Å². The molecule has 0 spiro atoms. The van der Waals surface area contributed by atoms with Gasteiger partial charge in [-0.15, -0.1) is 0 Å². The Morgan fingerprint density at radius 1 is 1.31 bits per heavy atom. The zero-order valence-electron chi connectivity index (χ0n) is 15.9. The molecular formula is C20H20F3N4O2+. The highest BCUT2D eigenvalue weighted by molar-refractivity contribution is 5.70. The first-order valence-corrected chi connectivity index (χ1v) is 9.30. The fourth-order valence-corrected chi connectivity index (χ4v) is 3.66. The molecule has 1 unspecified atom stereocenters. The van der Waals surface area contributed by atoms with Crippen molar-refractivity contribution in [1.82, 2.24) is 9.97 Å². The smallest absolute Gasteiger partial charge is 0.416 e. The minimum absolute atomic E-state index is 0.198. The summed E-state index contributed by atoms with van der Waals surface area (Å²) < 4.78 is 46.1. The third-order valence-electron chi connectivity index (χ3n) is 5.03. The van der Waals surface area contributed by atoms with Crippen LogP contribution in [0.25, 0.3) is 17.5 Å². The number of benzene rings is 1. The van der Waals surface area contributed by atoms with E-state index in [1.807, 2.05) is 13.1 Å². The monoisotopic (exact) mass is 405 g/mol. The van der Waals surface area contributed by atoms with Gasteiger partial charge < -0.3 is 9.84 Å². The summed E-state index contributed by atoms with van der Waals surface area (Å²) in [6.07, 6.45) is 2.66. The molecule has 0 saturated carbocycles. The first-order chi connectivity index (χ1) is 13.7. The van der Waals surface area contributed by atoms with E-state index in [-0.39, 0.29) is 22.9 Å². The first-order valence-electron chi connectivity index (χ1n) is 9.30. The maximum absolute atomic E-state index is 12.9. The predicted octanol–water partition coefficient (Wildman–Crippen LogP) is 2.36. The van der Waals surface area contributed by atoms with Gasteiger partial charge in [0, 0.05) is 23.2 Å². The van der Waals surface area contributed by atoms with E-state index in [4.69, 9.17) is 4.74 Å². The van der Waals surface area contributed by atoms with Crippen LogP contribution in [-0.2, 0) is 10.9 Å². The highest BCUT2D eigenvalue weighted by Crippen LogP contribution is 2.37. The molecule has 0 radical (unpaired) electrons. The maximum Gasteiger partial charge on any atom is 0.416 e. The van der Waals surface area contributed by atoms with E-state index >= 15 is 0 Å². The van der Waals surface area contributed by atoms with Crippen LogP contribution < -0.4 is 10.8 Å². The molecule has 9 heteroatoms. The standard InChI is InChI=1S/C20H19F3N4O2/c1-11-5-14(20(21,22)23)7-17(28)18(11)15-8-24-16-10-27(26-19(16)25-15)9-13-3-4-29-12(2)6-13/h5,7-10,12-13H,3-4,6H2,1-2H3/p+1/b27-9-/t12-,13?/m0/s1. The van der Waals surface area contributed by atoms with E-state index in [0.29, 0.717) is 29.4 Å². The van der Waals surface area contributed by atoms with Crippen molar-refractivity contribution in [3.05, 3.63) is 40.3 Å². The van der Waals surface area contributed by atoms with Crippen LogP contribution >= 0.6 is 0 Å². The van der Waals surface area contributed by atoms with Crippen molar-refractivity contribution in [2.45, 2.75) is 39.0 Å². The molecule has 1 aromatic heterocycles. The van der Waals surface area contributed by atoms with Crippen LogP contribution in [0.4, 0.5) is 13.2 Å². The topological polar surface area (TPSA) is 70.6 Å². The summed E-state index contributed by atoms with van der Waals surface area (Å²) in [6.45, 7) is 4.24. The molecule has 1 aromatic carbocycles. The molecule has 152 valence electrons. The van der Waals surface area contributed by atoms with Crippen LogP contribution in [0.5, 0.6) is 5.75 Å². The number of alkyl halides is 3. The molecule has 2 aliphatic heterocycles. The lowest BCUT2D eigenvalue weighted by molar-refractivity contribution is -0.425. The van der Waals surface area contributed by atoms with E-state index in [9.17, 15) is 18.3 Å². The Kier molecular flexibility index (Phi) is 4.85. The van der Waals surface area contributed by atoms with Crippen LogP contribution in [0.2, 0.25) is 0 Å². The third-order valence-corrected chi connectivity index (χ3v) is 5.03. The Morgan fingerprint density at radius 3 is 2.79 bits per heavy atom. The van der Waals surface area contributed by atoms with Gasteiger partial charge in [-0.2, -0.15) is 13.2 Å². The van der Waals surface area contributed by atoms with E-state index in [0.717, 1.165) is 18.9 Å². The van der Waals surface area contributed by atoms with Crippen molar-refractivity contribution in [3.8, 4) is 17.0 Å². The molecular weight excluding hydrogens is 385 g/mol. The fourth-order valence-electron chi connectivity index (χ4n) is 3.66. The van der Waals surface area contributed by atoms with Crippen molar-refractivity contribution < 1.29 is 27.7 Å². The van der Waals surface area contributed by atoms with E-state index in [1.165, 1.54) is 13.1 Å². The zero-order valence-corrected chi connectivity index (χ0v) is 15.9. The number of ether oxygens (including phenoxy) is 1. The molecule has 1 N–H and O–H groups in total. The number of aryl methyl sites for hydroxylation is 1. The molecule has 29 heavy (non-hydrogen) atoms. The molecule has 6 nitrogen and oxygen atoms in total. The second-order valence-electron chi connectivity index (χ2n) is 7.37. The Balaban J connectivity index is 1.69. The summed E-state index contributed by atoms with van der Waals surface area (Å²) in [6, 6.07) is 1.69. The van der Waals surface area contributed by atoms with Crippen LogP contribution in [0, 0.1) is 12.8 Å². The molecule has 2 aromatic rings. The predicted molar refractivity (Wildman–Crippen MR) is 98.6 cm³/mol. The molecule has 3 heterocycles. The van der Waals surface area contributed by atoms with Gasteiger partial charge in [0.1, 0.15) is 5.75 Å². The number of hydrogen-bond acceptors (Lipinski definition) is 5. The first kappa shape index (κ1) is 19.5. The summed E-state index contributed by atoms with van der Waals surface area (Å²) >= 11 is 0. The summed E-state index contributed by atoms with van der Waals surface area (Å²) in [5.74, 6) is -0.165. The number of fused-ring (bicyclic) bond motifs is 1. The lowest BCUT2D eigenvalue weighted by Gasteiger charge is -2.22. The van der Waals surface area contributed by atoms with Crippen molar-refractivity contribution >= 4 is 12.4 Å². The normalized spacial score (nSPS) is 22.9. The van der Waals surface area contributed by atoms with Gasteiger partial charge in [-0.25, -0.2) is 9.97 Å². The fraction of sp³-hybridized carbons (Fsp3) is 0.400. The molecule has 2 aliphatic rings. The Bertz CT molecular complexity index is 1090. The van der Waals surface area contributed by atoms with Crippen LogP contribution in [-0.4, -0.2) is 38.7 Å². The number of phenols is 1. The van der Waals surface area contributed by atoms with Crippen LogP contribution in [0.15, 0.2) is 23.4 Å². The second kappa shape index (κ2) is 7.22. The van der Waals surface area contributed by atoms with Gasteiger partial charge in [0.2, 0.25) is 6.20 Å². The lowest BCUT2D eigenvalue weighted by atomic mass is 9.98. The van der Waals surface area contributed by atoms with Gasteiger partial charge in [-0.05, 0) is 44.4 Å². The number of aromatic hydroxyl groups is 1. The number of phenolic OH excluding ortho intramolecular Hbond substituents is 1. The van der Waals surface area contributed by atoms with Gasteiger partial charge in [0.15, 0.2) is 11.6 Å². The Morgan fingerprint density at radius 2 is 2.10 bits per heavy atom. The second-order valence-corrected chi connectivity index (χ2v) is 7.37. The SMILES string of the molecule is Cc1cc(C(F)(F)F)cc(O)c1-c1cnc2c(n1)=N/[N+](=C\C1CCO[C@@H](C)C1)C=2. The Hall–Kier alpha value is -2.81. The summed E-state index contributed by atoms with van der Waals surface area (Å²) in [7, 11) is 0. The van der Waals surface area contributed by atoms with Gasteiger partial charge in [-0.3, -0.25) is 0 Å².